The number of anilines is 2. The first kappa shape index (κ1) is 17.3. The summed E-state index contributed by atoms with van der Waals surface area (Å²) in [5.41, 5.74) is 1.61. The Kier molecular flexibility index (Phi) is 5.04. The molecule has 0 spiro atoms. The molecule has 0 atom stereocenters. The second-order valence-electron chi connectivity index (χ2n) is 5.67. The van der Waals surface area contributed by atoms with Crippen molar-refractivity contribution < 1.29 is 19.1 Å². The number of nitriles is 1. The molecule has 0 unspecified atom stereocenters. The van der Waals surface area contributed by atoms with E-state index in [0.29, 0.717) is 41.7 Å². The van der Waals surface area contributed by atoms with Gasteiger partial charge in [-0.1, -0.05) is 0 Å². The summed E-state index contributed by atoms with van der Waals surface area (Å²) in [5.74, 6) is 0.550. The van der Waals surface area contributed by atoms with Crippen molar-refractivity contribution in [1.29, 1.82) is 5.26 Å². The molecule has 3 rings (SSSR count). The minimum absolute atomic E-state index is 0.144. The lowest BCUT2D eigenvalue weighted by Crippen LogP contribution is -2.36. The lowest BCUT2D eigenvalue weighted by molar-refractivity contribution is -0.120. The highest BCUT2D eigenvalue weighted by atomic mass is 16.6. The molecule has 2 amide bonds. The Morgan fingerprint density at radius 1 is 1.12 bits per heavy atom. The first-order chi connectivity index (χ1) is 12.6. The third kappa shape index (κ3) is 3.92. The number of carbonyl (C=O) groups excluding carboxylic acids is 2. The number of benzene rings is 2. The third-order valence-electron chi connectivity index (χ3n) is 3.82. The molecule has 7 nitrogen and oxygen atoms in total. The van der Waals surface area contributed by atoms with Gasteiger partial charge in [0.1, 0.15) is 19.8 Å². The minimum Gasteiger partial charge on any atom is -0.486 e. The molecule has 2 aromatic rings. The van der Waals surface area contributed by atoms with Crippen LogP contribution in [-0.2, 0) is 9.59 Å². The molecule has 0 bridgehead atoms. The van der Waals surface area contributed by atoms with Crippen molar-refractivity contribution in [2.24, 2.45) is 0 Å². The van der Waals surface area contributed by atoms with Crippen LogP contribution in [0, 0.1) is 11.3 Å². The van der Waals surface area contributed by atoms with Crippen LogP contribution in [0.1, 0.15) is 12.5 Å². The lowest BCUT2D eigenvalue weighted by Gasteiger charge is -2.24. The predicted molar refractivity (Wildman–Crippen MR) is 95.2 cm³/mol. The highest BCUT2D eigenvalue weighted by Crippen LogP contribution is 2.34. The summed E-state index contributed by atoms with van der Waals surface area (Å²) in [6.07, 6.45) is 0. The molecule has 0 aliphatic carbocycles. The number of fused-ring (bicyclic) bond motifs is 1. The van der Waals surface area contributed by atoms with Gasteiger partial charge in [0.2, 0.25) is 11.8 Å². The monoisotopic (exact) mass is 351 g/mol. The largest absolute Gasteiger partial charge is 0.486 e. The summed E-state index contributed by atoms with van der Waals surface area (Å²) in [4.78, 5) is 25.7. The summed E-state index contributed by atoms with van der Waals surface area (Å²) in [6.45, 7) is 2.17. The van der Waals surface area contributed by atoms with E-state index in [4.69, 9.17) is 14.7 Å². The number of ether oxygens (including phenoxy) is 2. The molecular weight excluding hydrogens is 334 g/mol. The minimum atomic E-state index is -0.347. The number of nitrogens with zero attached hydrogens (tertiary/aromatic N) is 2. The fraction of sp³-hybridized carbons (Fsp3) is 0.211. The van der Waals surface area contributed by atoms with Gasteiger partial charge in [0.25, 0.3) is 0 Å². The molecule has 1 N–H and O–H groups in total. The van der Waals surface area contributed by atoms with Gasteiger partial charge in [-0.05, 0) is 36.4 Å². The van der Waals surface area contributed by atoms with Crippen molar-refractivity contribution in [2.75, 3.05) is 30.0 Å². The summed E-state index contributed by atoms with van der Waals surface area (Å²) in [7, 11) is 0. The Hall–Kier alpha value is -3.53. The Balaban J connectivity index is 1.72. The maximum atomic E-state index is 12.3. The van der Waals surface area contributed by atoms with Crippen molar-refractivity contribution >= 4 is 23.2 Å². The fourth-order valence-corrected chi connectivity index (χ4v) is 2.56. The van der Waals surface area contributed by atoms with Crippen LogP contribution in [0.15, 0.2) is 42.5 Å². The smallest absolute Gasteiger partial charge is 0.244 e. The molecule has 2 aromatic carbocycles. The number of hydrogen-bond acceptors (Lipinski definition) is 5. The van der Waals surface area contributed by atoms with Crippen LogP contribution in [0.3, 0.4) is 0 Å². The number of amides is 2. The quantitative estimate of drug-likeness (QED) is 0.913. The Morgan fingerprint density at radius 2 is 1.81 bits per heavy atom. The highest BCUT2D eigenvalue weighted by molar-refractivity contribution is 6.02. The second-order valence-corrected chi connectivity index (χ2v) is 5.67. The molecule has 7 heteroatoms. The molecule has 0 fully saturated rings. The summed E-state index contributed by atoms with van der Waals surface area (Å²) < 4.78 is 11.0. The van der Waals surface area contributed by atoms with Crippen molar-refractivity contribution in [3.05, 3.63) is 48.0 Å². The topological polar surface area (TPSA) is 91.7 Å². The lowest BCUT2D eigenvalue weighted by atomic mass is 10.2. The number of carbonyl (C=O) groups is 2. The molecular formula is C19H17N3O4. The van der Waals surface area contributed by atoms with Crippen LogP contribution >= 0.6 is 0 Å². The van der Waals surface area contributed by atoms with Crippen LogP contribution in [0.2, 0.25) is 0 Å². The maximum Gasteiger partial charge on any atom is 0.244 e. The van der Waals surface area contributed by atoms with Gasteiger partial charge in [0.15, 0.2) is 11.5 Å². The molecule has 0 saturated heterocycles. The van der Waals surface area contributed by atoms with E-state index in [0.717, 1.165) is 0 Å². The van der Waals surface area contributed by atoms with E-state index in [1.54, 1.807) is 42.5 Å². The standard InChI is InChI=1S/C19H17N3O4/c1-13(23)22(16-6-7-17-18(10-16)26-9-8-25-17)12-19(24)21-15-4-2-14(11-20)3-5-15/h2-7,10H,8-9,12H2,1H3,(H,21,24). The zero-order valence-corrected chi connectivity index (χ0v) is 14.2. The van der Waals surface area contributed by atoms with Crippen LogP contribution in [0.25, 0.3) is 0 Å². The van der Waals surface area contributed by atoms with Gasteiger partial charge in [0, 0.05) is 24.4 Å². The first-order valence-electron chi connectivity index (χ1n) is 8.04. The van der Waals surface area contributed by atoms with E-state index < -0.39 is 0 Å². The molecule has 1 aliphatic rings. The fourth-order valence-electron chi connectivity index (χ4n) is 2.56. The predicted octanol–water partition coefficient (Wildman–Crippen LogP) is 2.32. The van der Waals surface area contributed by atoms with Gasteiger partial charge in [-0.25, -0.2) is 0 Å². The third-order valence-corrected chi connectivity index (χ3v) is 3.82. The average molecular weight is 351 g/mol. The molecule has 132 valence electrons. The average Bonchev–Trinajstić information content (AvgIpc) is 2.66. The Labute approximate surface area is 150 Å². The molecule has 0 aromatic heterocycles. The molecule has 1 heterocycles. The Morgan fingerprint density at radius 3 is 2.46 bits per heavy atom. The van der Waals surface area contributed by atoms with Gasteiger partial charge >= 0.3 is 0 Å². The zero-order valence-electron chi connectivity index (χ0n) is 14.2. The zero-order chi connectivity index (χ0) is 18.5. The van der Waals surface area contributed by atoms with Crippen molar-refractivity contribution in [2.45, 2.75) is 6.92 Å². The summed E-state index contributed by atoms with van der Waals surface area (Å²) in [5, 5.41) is 11.5. The van der Waals surface area contributed by atoms with Crippen LogP contribution in [0.4, 0.5) is 11.4 Å². The van der Waals surface area contributed by atoms with E-state index in [-0.39, 0.29) is 18.4 Å². The molecule has 26 heavy (non-hydrogen) atoms. The highest BCUT2D eigenvalue weighted by Gasteiger charge is 2.19. The normalized spacial score (nSPS) is 12.0. The van der Waals surface area contributed by atoms with E-state index in [9.17, 15) is 9.59 Å². The van der Waals surface area contributed by atoms with Gasteiger partial charge in [0.05, 0.1) is 11.6 Å². The summed E-state index contributed by atoms with van der Waals surface area (Å²) >= 11 is 0. The van der Waals surface area contributed by atoms with Crippen molar-refractivity contribution in [1.82, 2.24) is 0 Å². The van der Waals surface area contributed by atoms with E-state index in [1.165, 1.54) is 11.8 Å². The van der Waals surface area contributed by atoms with Crippen LogP contribution in [-0.4, -0.2) is 31.6 Å². The van der Waals surface area contributed by atoms with E-state index >= 15 is 0 Å². The van der Waals surface area contributed by atoms with Crippen LogP contribution in [0.5, 0.6) is 11.5 Å². The molecule has 0 saturated carbocycles. The van der Waals surface area contributed by atoms with Crippen molar-refractivity contribution in [3.63, 3.8) is 0 Å². The number of nitrogens with one attached hydrogen (secondary N) is 1. The van der Waals surface area contributed by atoms with Crippen molar-refractivity contribution in [3.8, 4) is 17.6 Å². The van der Waals surface area contributed by atoms with Crippen LogP contribution < -0.4 is 19.7 Å². The van der Waals surface area contributed by atoms with E-state index in [2.05, 4.69) is 5.32 Å². The number of hydrogen-bond donors (Lipinski definition) is 1. The van der Waals surface area contributed by atoms with Gasteiger partial charge in [-0.3, -0.25) is 9.59 Å². The van der Waals surface area contributed by atoms with Gasteiger partial charge in [-0.15, -0.1) is 0 Å². The van der Waals surface area contributed by atoms with E-state index in [1.807, 2.05) is 6.07 Å². The maximum absolute atomic E-state index is 12.3. The van der Waals surface area contributed by atoms with Gasteiger partial charge in [-0.2, -0.15) is 5.26 Å². The SMILES string of the molecule is CC(=O)N(CC(=O)Nc1ccc(C#N)cc1)c1ccc2c(c1)OCCO2. The first-order valence-corrected chi connectivity index (χ1v) is 8.04. The molecule has 1 aliphatic heterocycles. The number of rotatable bonds is 4. The van der Waals surface area contributed by atoms with Gasteiger partial charge < -0.3 is 19.7 Å². The second kappa shape index (κ2) is 7.57. The summed E-state index contributed by atoms with van der Waals surface area (Å²) in [6, 6.07) is 13.6. The Bertz CT molecular complexity index is 871. The molecule has 0 radical (unpaired) electrons.